The van der Waals surface area contributed by atoms with Crippen LogP contribution in [0, 0.1) is 6.92 Å². The summed E-state index contributed by atoms with van der Waals surface area (Å²) in [5.41, 5.74) is 1.01. The van der Waals surface area contributed by atoms with Gasteiger partial charge in [-0.05, 0) is 24.8 Å². The Morgan fingerprint density at radius 3 is 2.96 bits per heavy atom. The summed E-state index contributed by atoms with van der Waals surface area (Å²) >= 11 is 4.86. The van der Waals surface area contributed by atoms with Crippen molar-refractivity contribution in [2.75, 3.05) is 10.6 Å². The Kier molecular flexibility index (Phi) is 5.44. The molecule has 0 atom stereocenters. The lowest BCUT2D eigenvalue weighted by Crippen LogP contribution is -2.18. The largest absolute Gasteiger partial charge is 0.310 e. The third-order valence-corrected chi connectivity index (χ3v) is 4.80. The van der Waals surface area contributed by atoms with Gasteiger partial charge in [0.1, 0.15) is 11.5 Å². The summed E-state index contributed by atoms with van der Waals surface area (Å²) in [7, 11) is 0. The third kappa shape index (κ3) is 4.23. The smallest absolute Gasteiger partial charge is 0.252 e. The molecular weight excluding hydrogens is 406 g/mol. The number of hydrogen-bond acceptors (Lipinski definition) is 5. The number of nitrogens with one attached hydrogen (secondary N) is 2. The highest BCUT2D eigenvalue weighted by Gasteiger charge is 2.16. The van der Waals surface area contributed by atoms with Crippen molar-refractivity contribution >= 4 is 39.0 Å². The first-order chi connectivity index (χ1) is 12.1. The first-order valence-corrected chi connectivity index (χ1v) is 9.65. The molecule has 0 saturated heterocycles. The van der Waals surface area contributed by atoms with E-state index in [0.717, 1.165) is 16.6 Å². The van der Waals surface area contributed by atoms with E-state index in [-0.39, 0.29) is 17.4 Å². The number of aromatic amines is 1. The van der Waals surface area contributed by atoms with E-state index < -0.39 is 0 Å². The summed E-state index contributed by atoms with van der Waals surface area (Å²) in [6.07, 6.45) is 1.12. The lowest BCUT2D eigenvalue weighted by Gasteiger charge is -2.08. The number of rotatable bonds is 6. The van der Waals surface area contributed by atoms with Gasteiger partial charge in [-0.1, -0.05) is 22.0 Å². The molecule has 7 nitrogen and oxygen atoms in total. The molecule has 0 aromatic carbocycles. The average Bonchev–Trinajstić information content (AvgIpc) is 3.21. The molecule has 3 rings (SSSR count). The third-order valence-electron chi connectivity index (χ3n) is 3.35. The second-order valence-corrected chi connectivity index (χ2v) is 7.10. The van der Waals surface area contributed by atoms with Crippen LogP contribution >= 0.6 is 27.3 Å². The molecule has 0 bridgehead atoms. The monoisotopic (exact) mass is 421 g/mol. The Labute approximate surface area is 156 Å². The number of anilines is 1. The molecule has 0 fully saturated rings. The van der Waals surface area contributed by atoms with Crippen LogP contribution in [0.5, 0.6) is 0 Å². The van der Waals surface area contributed by atoms with Crippen LogP contribution in [-0.4, -0.2) is 31.0 Å². The standard InChI is InChI=1S/C16H16BrN5O2S/c1-10-8-15(24)20-16(18-10)22-13(19-14(23)5-2-6-17)9-11(21-22)12-4-3-7-25-12/h3-4,7-9H,2,5-6H2,1H3,(H,19,23)(H,18,20,24). The molecule has 0 aliphatic heterocycles. The molecule has 2 N–H and O–H groups in total. The molecule has 130 valence electrons. The fourth-order valence-corrected chi connectivity index (χ4v) is 3.23. The number of hydrogen-bond donors (Lipinski definition) is 2. The summed E-state index contributed by atoms with van der Waals surface area (Å²) in [5.74, 6) is 0.619. The maximum atomic E-state index is 12.1. The summed E-state index contributed by atoms with van der Waals surface area (Å²) in [6, 6.07) is 7.06. The number of aromatic nitrogens is 4. The van der Waals surface area contributed by atoms with Crippen molar-refractivity contribution in [2.45, 2.75) is 19.8 Å². The van der Waals surface area contributed by atoms with Crippen LogP contribution in [0.4, 0.5) is 5.82 Å². The Bertz CT molecular complexity index is 932. The van der Waals surface area contributed by atoms with Gasteiger partial charge in [-0.15, -0.1) is 11.3 Å². The number of alkyl halides is 1. The van der Waals surface area contributed by atoms with E-state index in [1.807, 2.05) is 17.5 Å². The second-order valence-electron chi connectivity index (χ2n) is 5.36. The lowest BCUT2D eigenvalue weighted by molar-refractivity contribution is -0.116. The predicted molar refractivity (Wildman–Crippen MR) is 102 cm³/mol. The van der Waals surface area contributed by atoms with E-state index in [1.165, 1.54) is 10.7 Å². The summed E-state index contributed by atoms with van der Waals surface area (Å²) in [4.78, 5) is 31.8. The van der Waals surface area contributed by atoms with Gasteiger partial charge >= 0.3 is 0 Å². The van der Waals surface area contributed by atoms with Crippen molar-refractivity contribution in [3.63, 3.8) is 0 Å². The zero-order valence-corrected chi connectivity index (χ0v) is 15.9. The van der Waals surface area contributed by atoms with Crippen molar-refractivity contribution in [3.8, 4) is 16.5 Å². The van der Waals surface area contributed by atoms with Crippen LogP contribution in [0.1, 0.15) is 18.5 Å². The summed E-state index contributed by atoms with van der Waals surface area (Å²) in [6.45, 7) is 1.73. The van der Waals surface area contributed by atoms with E-state index in [9.17, 15) is 9.59 Å². The van der Waals surface area contributed by atoms with Gasteiger partial charge in [0, 0.05) is 29.6 Å². The van der Waals surface area contributed by atoms with Crippen molar-refractivity contribution < 1.29 is 4.79 Å². The number of carbonyl (C=O) groups excluding carboxylic acids is 1. The highest BCUT2D eigenvalue weighted by molar-refractivity contribution is 9.09. The van der Waals surface area contributed by atoms with Crippen LogP contribution in [0.15, 0.2) is 34.4 Å². The molecule has 25 heavy (non-hydrogen) atoms. The quantitative estimate of drug-likeness (QED) is 0.597. The number of nitrogens with zero attached hydrogens (tertiary/aromatic N) is 3. The van der Waals surface area contributed by atoms with Crippen molar-refractivity contribution in [2.24, 2.45) is 0 Å². The van der Waals surface area contributed by atoms with Crippen molar-refractivity contribution in [1.82, 2.24) is 19.7 Å². The van der Waals surface area contributed by atoms with Gasteiger partial charge in [-0.2, -0.15) is 9.78 Å². The number of carbonyl (C=O) groups is 1. The number of halogens is 1. The highest BCUT2D eigenvalue weighted by Crippen LogP contribution is 2.27. The topological polar surface area (TPSA) is 92.7 Å². The SMILES string of the molecule is Cc1cc(=O)[nH]c(-n2nc(-c3cccs3)cc2NC(=O)CCCBr)n1. The highest BCUT2D eigenvalue weighted by atomic mass is 79.9. The molecule has 3 aromatic heterocycles. The van der Waals surface area contributed by atoms with Crippen LogP contribution in [0.3, 0.4) is 0 Å². The Balaban J connectivity index is 2.02. The maximum absolute atomic E-state index is 12.1. The fraction of sp³-hybridized carbons (Fsp3) is 0.250. The van der Waals surface area contributed by atoms with Gasteiger partial charge in [0.2, 0.25) is 11.9 Å². The first kappa shape index (κ1) is 17.6. The van der Waals surface area contributed by atoms with Gasteiger partial charge in [0.05, 0.1) is 4.88 Å². The molecule has 0 radical (unpaired) electrons. The molecule has 0 aliphatic rings. The predicted octanol–water partition coefficient (Wildman–Crippen LogP) is 3.11. The summed E-state index contributed by atoms with van der Waals surface area (Å²) < 4.78 is 1.45. The molecule has 1 amide bonds. The van der Waals surface area contributed by atoms with E-state index >= 15 is 0 Å². The Hall–Kier alpha value is -2.26. The molecule has 0 unspecified atom stereocenters. The molecule has 0 saturated carbocycles. The van der Waals surface area contributed by atoms with Gasteiger partial charge in [0.25, 0.3) is 5.56 Å². The molecule has 9 heteroatoms. The fourth-order valence-electron chi connectivity index (χ4n) is 2.27. The maximum Gasteiger partial charge on any atom is 0.252 e. The minimum atomic E-state index is -0.271. The average molecular weight is 422 g/mol. The normalized spacial score (nSPS) is 10.8. The second kappa shape index (κ2) is 7.75. The molecule has 3 heterocycles. The molecular formula is C16H16BrN5O2S. The zero-order chi connectivity index (χ0) is 17.8. The number of amides is 1. The van der Waals surface area contributed by atoms with E-state index in [0.29, 0.717) is 23.6 Å². The minimum absolute atomic E-state index is 0.117. The van der Waals surface area contributed by atoms with Crippen LogP contribution in [-0.2, 0) is 4.79 Å². The Morgan fingerprint density at radius 2 is 2.28 bits per heavy atom. The first-order valence-electron chi connectivity index (χ1n) is 7.65. The van der Waals surface area contributed by atoms with Gasteiger partial charge < -0.3 is 5.32 Å². The van der Waals surface area contributed by atoms with E-state index in [2.05, 4.69) is 36.3 Å². The van der Waals surface area contributed by atoms with Gasteiger partial charge in [-0.25, -0.2) is 4.98 Å². The van der Waals surface area contributed by atoms with Gasteiger partial charge in [0.15, 0.2) is 0 Å². The molecule has 0 aliphatic carbocycles. The minimum Gasteiger partial charge on any atom is -0.310 e. The van der Waals surface area contributed by atoms with Crippen molar-refractivity contribution in [3.05, 3.63) is 45.7 Å². The zero-order valence-electron chi connectivity index (χ0n) is 13.5. The molecule has 3 aromatic rings. The number of aryl methyl sites for hydroxylation is 1. The number of thiophene rings is 1. The summed E-state index contributed by atoms with van der Waals surface area (Å²) in [5, 5.41) is 10.1. The van der Waals surface area contributed by atoms with Crippen LogP contribution in [0.2, 0.25) is 0 Å². The Morgan fingerprint density at radius 1 is 1.44 bits per heavy atom. The molecule has 0 spiro atoms. The van der Waals surface area contributed by atoms with Crippen LogP contribution in [0.25, 0.3) is 16.5 Å². The lowest BCUT2D eigenvalue weighted by atomic mass is 10.3. The van der Waals surface area contributed by atoms with Gasteiger partial charge in [-0.3, -0.25) is 14.6 Å². The van der Waals surface area contributed by atoms with Crippen LogP contribution < -0.4 is 10.9 Å². The van der Waals surface area contributed by atoms with E-state index in [4.69, 9.17) is 0 Å². The van der Waals surface area contributed by atoms with Crippen molar-refractivity contribution in [1.29, 1.82) is 0 Å². The van der Waals surface area contributed by atoms with E-state index in [1.54, 1.807) is 24.3 Å². The number of H-pyrrole nitrogens is 1.